The zero-order valence-electron chi connectivity index (χ0n) is 13.2. The van der Waals surface area contributed by atoms with E-state index in [1.165, 1.54) is 18.4 Å². The van der Waals surface area contributed by atoms with E-state index in [1.54, 1.807) is 0 Å². The highest BCUT2D eigenvalue weighted by molar-refractivity contribution is 5.31. The first-order valence-electron chi connectivity index (χ1n) is 8.17. The van der Waals surface area contributed by atoms with Gasteiger partial charge in [0, 0.05) is 12.6 Å². The summed E-state index contributed by atoms with van der Waals surface area (Å²) in [6, 6.07) is 8.69. The molecule has 0 saturated heterocycles. The maximum Gasteiger partial charge on any atom is 0.0947 e. The summed E-state index contributed by atoms with van der Waals surface area (Å²) in [5.74, 6) is 0.695. The van der Waals surface area contributed by atoms with Crippen LogP contribution in [0.25, 0.3) is 0 Å². The topological polar surface area (TPSA) is 23.5 Å². The summed E-state index contributed by atoms with van der Waals surface area (Å²) < 4.78 is 0. The molecule has 1 aromatic rings. The number of fused-ring (bicyclic) bond motifs is 1. The molecule has 1 aliphatic carbocycles. The number of hydrogen-bond acceptors (Lipinski definition) is 2. The van der Waals surface area contributed by atoms with E-state index in [-0.39, 0.29) is 12.1 Å². The van der Waals surface area contributed by atoms with E-state index in [0.717, 1.165) is 31.5 Å². The minimum Gasteiger partial charge on any atom is -0.387 e. The fourth-order valence-electron chi connectivity index (χ4n) is 3.33. The molecular weight excluding hydrogens is 246 g/mol. The van der Waals surface area contributed by atoms with E-state index < -0.39 is 0 Å². The average Bonchev–Trinajstić information content (AvgIpc) is 2.64. The van der Waals surface area contributed by atoms with Gasteiger partial charge in [0.25, 0.3) is 0 Å². The SMILES string of the molecule is CCC(C)CN(CC)C1CCCc2ccccc2C1O. The quantitative estimate of drug-likeness (QED) is 0.826. The second-order valence-electron chi connectivity index (χ2n) is 6.20. The van der Waals surface area contributed by atoms with Crippen molar-refractivity contribution < 1.29 is 5.11 Å². The minimum absolute atomic E-state index is 0.276. The average molecular weight is 275 g/mol. The molecule has 0 amide bonds. The zero-order valence-corrected chi connectivity index (χ0v) is 13.2. The van der Waals surface area contributed by atoms with Crippen molar-refractivity contribution in [3.05, 3.63) is 35.4 Å². The van der Waals surface area contributed by atoms with Gasteiger partial charge in [0.05, 0.1) is 6.10 Å². The van der Waals surface area contributed by atoms with Crippen molar-refractivity contribution >= 4 is 0 Å². The molecule has 3 atom stereocenters. The molecule has 1 aliphatic rings. The number of likely N-dealkylation sites (N-methyl/N-ethyl adjacent to an activating group) is 1. The van der Waals surface area contributed by atoms with Gasteiger partial charge in [-0.1, -0.05) is 51.5 Å². The Hall–Kier alpha value is -0.860. The minimum atomic E-state index is -0.335. The first-order chi connectivity index (χ1) is 9.67. The predicted molar refractivity (Wildman–Crippen MR) is 84.8 cm³/mol. The largest absolute Gasteiger partial charge is 0.387 e. The monoisotopic (exact) mass is 275 g/mol. The van der Waals surface area contributed by atoms with Gasteiger partial charge in [0.2, 0.25) is 0 Å². The van der Waals surface area contributed by atoms with Gasteiger partial charge in [0.1, 0.15) is 0 Å². The molecule has 20 heavy (non-hydrogen) atoms. The van der Waals surface area contributed by atoms with Crippen LogP contribution in [0.1, 0.15) is 57.3 Å². The second kappa shape index (κ2) is 7.24. The van der Waals surface area contributed by atoms with E-state index in [2.05, 4.69) is 49.9 Å². The highest BCUT2D eigenvalue weighted by atomic mass is 16.3. The Morgan fingerprint density at radius 3 is 2.75 bits per heavy atom. The van der Waals surface area contributed by atoms with Gasteiger partial charge in [-0.2, -0.15) is 0 Å². The molecule has 0 heterocycles. The van der Waals surface area contributed by atoms with Crippen molar-refractivity contribution in [1.29, 1.82) is 0 Å². The molecule has 0 aromatic heterocycles. The van der Waals surface area contributed by atoms with Gasteiger partial charge in [-0.05, 0) is 42.9 Å². The number of rotatable bonds is 5. The van der Waals surface area contributed by atoms with E-state index in [1.807, 2.05) is 0 Å². The Kier molecular flexibility index (Phi) is 5.62. The van der Waals surface area contributed by atoms with Crippen molar-refractivity contribution in [1.82, 2.24) is 4.90 Å². The van der Waals surface area contributed by atoms with Crippen LogP contribution in [0.5, 0.6) is 0 Å². The summed E-state index contributed by atoms with van der Waals surface area (Å²) >= 11 is 0. The lowest BCUT2D eigenvalue weighted by molar-refractivity contribution is 0.0397. The fraction of sp³-hybridized carbons (Fsp3) is 0.667. The van der Waals surface area contributed by atoms with Crippen LogP contribution in [0.15, 0.2) is 24.3 Å². The first-order valence-corrected chi connectivity index (χ1v) is 8.17. The molecule has 0 spiro atoms. The van der Waals surface area contributed by atoms with Crippen molar-refractivity contribution in [2.45, 2.75) is 58.6 Å². The number of aryl methyl sites for hydroxylation is 1. The number of hydrogen-bond donors (Lipinski definition) is 1. The summed E-state index contributed by atoms with van der Waals surface area (Å²) in [6.45, 7) is 8.88. The van der Waals surface area contributed by atoms with Crippen LogP contribution in [0.3, 0.4) is 0 Å². The molecule has 0 bridgehead atoms. The van der Waals surface area contributed by atoms with Crippen molar-refractivity contribution in [2.24, 2.45) is 5.92 Å². The van der Waals surface area contributed by atoms with Crippen LogP contribution in [0, 0.1) is 5.92 Å². The molecular formula is C18H29NO. The summed E-state index contributed by atoms with van der Waals surface area (Å²) in [7, 11) is 0. The van der Waals surface area contributed by atoms with Crippen LogP contribution in [0.4, 0.5) is 0 Å². The third-order valence-electron chi connectivity index (χ3n) is 4.80. The summed E-state index contributed by atoms with van der Waals surface area (Å²) in [5.41, 5.74) is 2.49. The molecule has 2 heteroatoms. The molecule has 112 valence electrons. The fourth-order valence-corrected chi connectivity index (χ4v) is 3.33. The molecule has 2 nitrogen and oxygen atoms in total. The van der Waals surface area contributed by atoms with Gasteiger partial charge in [0.15, 0.2) is 0 Å². The Bertz CT molecular complexity index is 418. The lowest BCUT2D eigenvalue weighted by atomic mass is 9.96. The highest BCUT2D eigenvalue weighted by Crippen LogP contribution is 2.32. The standard InChI is InChI=1S/C18H29NO/c1-4-14(3)13-19(5-2)17-12-8-10-15-9-6-7-11-16(15)18(17)20/h6-7,9,11,14,17-18,20H,4-5,8,10,12-13H2,1-3H3. The maximum absolute atomic E-state index is 10.8. The van der Waals surface area contributed by atoms with Crippen molar-refractivity contribution in [3.8, 4) is 0 Å². The number of aliphatic hydroxyl groups is 1. The van der Waals surface area contributed by atoms with Crippen LogP contribution < -0.4 is 0 Å². The Labute approximate surface area is 123 Å². The highest BCUT2D eigenvalue weighted by Gasteiger charge is 2.30. The van der Waals surface area contributed by atoms with Crippen LogP contribution >= 0.6 is 0 Å². The number of benzene rings is 1. The number of aliphatic hydroxyl groups excluding tert-OH is 1. The van der Waals surface area contributed by atoms with E-state index in [4.69, 9.17) is 0 Å². The van der Waals surface area contributed by atoms with Crippen LogP contribution in [-0.4, -0.2) is 29.1 Å². The second-order valence-corrected chi connectivity index (χ2v) is 6.20. The third-order valence-corrected chi connectivity index (χ3v) is 4.80. The van der Waals surface area contributed by atoms with E-state index in [9.17, 15) is 5.11 Å². The predicted octanol–water partition coefficient (Wildman–Crippen LogP) is 3.79. The summed E-state index contributed by atoms with van der Waals surface area (Å²) in [6.07, 6.45) is 4.24. The molecule has 2 rings (SSSR count). The molecule has 0 radical (unpaired) electrons. The smallest absolute Gasteiger partial charge is 0.0947 e. The van der Waals surface area contributed by atoms with Crippen molar-refractivity contribution in [2.75, 3.05) is 13.1 Å². The van der Waals surface area contributed by atoms with Gasteiger partial charge in [-0.15, -0.1) is 0 Å². The zero-order chi connectivity index (χ0) is 14.5. The molecule has 0 saturated carbocycles. The molecule has 0 aliphatic heterocycles. The van der Waals surface area contributed by atoms with Gasteiger partial charge in [-0.3, -0.25) is 4.90 Å². The Balaban J connectivity index is 2.19. The molecule has 1 N–H and O–H groups in total. The van der Waals surface area contributed by atoms with Gasteiger partial charge < -0.3 is 5.11 Å². The molecule has 1 aromatic carbocycles. The maximum atomic E-state index is 10.8. The summed E-state index contributed by atoms with van der Waals surface area (Å²) in [5, 5.41) is 10.8. The van der Waals surface area contributed by atoms with E-state index >= 15 is 0 Å². The molecule has 3 unspecified atom stereocenters. The van der Waals surface area contributed by atoms with Crippen LogP contribution in [-0.2, 0) is 6.42 Å². The Morgan fingerprint density at radius 1 is 1.30 bits per heavy atom. The van der Waals surface area contributed by atoms with Gasteiger partial charge >= 0.3 is 0 Å². The lowest BCUT2D eigenvalue weighted by Gasteiger charge is -2.35. The summed E-state index contributed by atoms with van der Waals surface area (Å²) in [4.78, 5) is 2.49. The third kappa shape index (κ3) is 3.42. The van der Waals surface area contributed by atoms with Gasteiger partial charge in [-0.25, -0.2) is 0 Å². The normalized spacial score (nSPS) is 24.2. The molecule has 0 fully saturated rings. The van der Waals surface area contributed by atoms with E-state index in [0.29, 0.717) is 5.92 Å². The van der Waals surface area contributed by atoms with Crippen LogP contribution in [0.2, 0.25) is 0 Å². The Morgan fingerprint density at radius 2 is 2.05 bits per heavy atom. The number of nitrogens with zero attached hydrogens (tertiary/aromatic N) is 1. The lowest BCUT2D eigenvalue weighted by Crippen LogP contribution is -2.41. The first kappa shape index (κ1) is 15.5. The van der Waals surface area contributed by atoms with Crippen molar-refractivity contribution in [3.63, 3.8) is 0 Å².